The largest absolute Gasteiger partial charge is 0.493 e. The summed E-state index contributed by atoms with van der Waals surface area (Å²) in [6.45, 7) is 0. The summed E-state index contributed by atoms with van der Waals surface area (Å²) in [4.78, 5) is 15.1. The fourth-order valence-electron chi connectivity index (χ4n) is 1.67. The van der Waals surface area contributed by atoms with E-state index in [0.29, 0.717) is 11.5 Å². The van der Waals surface area contributed by atoms with E-state index in [2.05, 4.69) is 4.98 Å². The molecule has 1 N–H and O–H groups in total. The second-order valence-electron chi connectivity index (χ2n) is 3.89. The number of para-hydroxylation sites is 1. The highest BCUT2D eigenvalue weighted by Crippen LogP contribution is 2.40. The van der Waals surface area contributed by atoms with Crippen LogP contribution < -0.4 is 14.2 Å². The van der Waals surface area contributed by atoms with E-state index in [0.717, 1.165) is 0 Å². The number of benzene rings is 1. The molecule has 0 aliphatic heterocycles. The van der Waals surface area contributed by atoms with E-state index in [4.69, 9.17) is 30.9 Å². The van der Waals surface area contributed by atoms with Gasteiger partial charge in [-0.15, -0.1) is 0 Å². The van der Waals surface area contributed by atoms with Gasteiger partial charge in [-0.2, -0.15) is 0 Å². The van der Waals surface area contributed by atoms with E-state index < -0.39 is 5.97 Å². The van der Waals surface area contributed by atoms with Crippen molar-refractivity contribution in [1.82, 2.24) is 4.98 Å². The highest BCUT2D eigenvalue weighted by Gasteiger charge is 2.19. The van der Waals surface area contributed by atoms with Gasteiger partial charge in [0.15, 0.2) is 11.5 Å². The first-order valence-electron chi connectivity index (χ1n) is 5.85. The van der Waals surface area contributed by atoms with Crippen molar-refractivity contribution in [2.75, 3.05) is 14.2 Å². The quantitative estimate of drug-likeness (QED) is 0.854. The highest BCUT2D eigenvalue weighted by atomic mass is 35.5. The van der Waals surface area contributed by atoms with Crippen LogP contribution in [0, 0.1) is 0 Å². The van der Waals surface area contributed by atoms with Gasteiger partial charge in [0.1, 0.15) is 10.7 Å². The Hall–Kier alpha value is -2.47. The third-order valence-corrected chi connectivity index (χ3v) is 2.85. The van der Waals surface area contributed by atoms with Crippen LogP contribution in [0.1, 0.15) is 10.4 Å². The number of hydrogen-bond acceptors (Lipinski definition) is 5. The average Bonchev–Trinajstić information content (AvgIpc) is 2.47. The highest BCUT2D eigenvalue weighted by molar-refractivity contribution is 6.29. The summed E-state index contributed by atoms with van der Waals surface area (Å²) in [5, 5.41) is 9.28. The van der Waals surface area contributed by atoms with Gasteiger partial charge < -0.3 is 19.3 Å². The molecular weight excluding hydrogens is 298 g/mol. The molecular formula is C14H12ClNO5. The second kappa shape index (κ2) is 6.32. The first kappa shape index (κ1) is 14.9. The molecule has 0 saturated heterocycles. The number of pyridine rings is 1. The minimum Gasteiger partial charge on any atom is -0.493 e. The Morgan fingerprint density at radius 1 is 1.14 bits per heavy atom. The lowest BCUT2D eigenvalue weighted by atomic mass is 10.2. The molecule has 1 aromatic carbocycles. The van der Waals surface area contributed by atoms with Crippen molar-refractivity contribution >= 4 is 17.6 Å². The number of rotatable bonds is 5. The number of aromatic nitrogens is 1. The van der Waals surface area contributed by atoms with Crippen LogP contribution in [-0.2, 0) is 0 Å². The number of aromatic carboxylic acids is 1. The SMILES string of the molecule is COc1cccc(OC)c1Oc1nc(Cl)ccc1C(=O)O. The summed E-state index contributed by atoms with van der Waals surface area (Å²) in [6, 6.07) is 7.71. The van der Waals surface area contributed by atoms with Crippen LogP contribution in [0.5, 0.6) is 23.1 Å². The van der Waals surface area contributed by atoms with Gasteiger partial charge in [-0.05, 0) is 24.3 Å². The van der Waals surface area contributed by atoms with Crippen LogP contribution in [0.25, 0.3) is 0 Å². The van der Waals surface area contributed by atoms with Gasteiger partial charge in [0, 0.05) is 0 Å². The molecule has 0 saturated carbocycles. The van der Waals surface area contributed by atoms with Crippen LogP contribution >= 0.6 is 11.6 Å². The third-order valence-electron chi connectivity index (χ3n) is 2.64. The molecule has 6 nitrogen and oxygen atoms in total. The molecule has 7 heteroatoms. The molecule has 2 aromatic rings. The second-order valence-corrected chi connectivity index (χ2v) is 4.27. The molecule has 1 aromatic heterocycles. The lowest BCUT2D eigenvalue weighted by Gasteiger charge is -2.14. The van der Waals surface area contributed by atoms with Crippen LogP contribution in [0.3, 0.4) is 0 Å². The minimum absolute atomic E-state index is 0.115. The Kier molecular flexibility index (Phi) is 4.49. The standard InChI is InChI=1S/C14H12ClNO5/c1-19-9-4-3-5-10(20-2)12(9)21-13-8(14(17)18)6-7-11(15)16-13/h3-7H,1-2H3,(H,17,18). The lowest BCUT2D eigenvalue weighted by Crippen LogP contribution is -2.03. The Morgan fingerprint density at radius 3 is 2.29 bits per heavy atom. The summed E-state index contributed by atoms with van der Waals surface area (Å²) in [5.74, 6) is -0.333. The van der Waals surface area contributed by atoms with Crippen LogP contribution in [0.2, 0.25) is 5.15 Å². The summed E-state index contributed by atoms with van der Waals surface area (Å²) in [5.41, 5.74) is -0.118. The molecule has 0 aliphatic rings. The Balaban J connectivity index is 2.52. The molecule has 0 aliphatic carbocycles. The fraction of sp³-hybridized carbons (Fsp3) is 0.143. The predicted molar refractivity (Wildman–Crippen MR) is 75.8 cm³/mol. The predicted octanol–water partition coefficient (Wildman–Crippen LogP) is 3.24. The number of ether oxygens (including phenoxy) is 3. The van der Waals surface area contributed by atoms with Gasteiger partial charge in [0.2, 0.25) is 11.6 Å². The number of methoxy groups -OCH3 is 2. The number of carboxylic acid groups (broad SMARTS) is 1. The van der Waals surface area contributed by atoms with Crippen molar-refractivity contribution in [2.24, 2.45) is 0 Å². The summed E-state index contributed by atoms with van der Waals surface area (Å²) >= 11 is 5.79. The molecule has 1 heterocycles. The minimum atomic E-state index is -1.18. The maximum absolute atomic E-state index is 11.2. The molecule has 0 unspecified atom stereocenters. The van der Waals surface area contributed by atoms with Crippen molar-refractivity contribution in [3.8, 4) is 23.1 Å². The van der Waals surface area contributed by atoms with Gasteiger partial charge in [-0.1, -0.05) is 17.7 Å². The zero-order valence-corrected chi connectivity index (χ0v) is 12.0. The van der Waals surface area contributed by atoms with Crippen molar-refractivity contribution in [3.05, 3.63) is 41.0 Å². The van der Waals surface area contributed by atoms with E-state index >= 15 is 0 Å². The maximum atomic E-state index is 11.2. The van der Waals surface area contributed by atoms with Gasteiger partial charge in [0.25, 0.3) is 0 Å². The van der Waals surface area contributed by atoms with Crippen molar-refractivity contribution in [1.29, 1.82) is 0 Å². The Bertz CT molecular complexity index is 652. The number of carbonyl (C=O) groups is 1. The fourth-order valence-corrected chi connectivity index (χ4v) is 1.81. The number of halogens is 1. The molecule has 2 rings (SSSR count). The third kappa shape index (κ3) is 3.17. The van der Waals surface area contributed by atoms with Crippen LogP contribution in [0.4, 0.5) is 0 Å². The van der Waals surface area contributed by atoms with Crippen molar-refractivity contribution in [3.63, 3.8) is 0 Å². The van der Waals surface area contributed by atoms with E-state index in [-0.39, 0.29) is 22.3 Å². The Morgan fingerprint density at radius 2 is 1.76 bits per heavy atom. The van der Waals surface area contributed by atoms with Gasteiger partial charge in [-0.25, -0.2) is 9.78 Å². The maximum Gasteiger partial charge on any atom is 0.341 e. The normalized spacial score (nSPS) is 10.0. The first-order chi connectivity index (χ1) is 10.1. The lowest BCUT2D eigenvalue weighted by molar-refractivity contribution is 0.0693. The number of carboxylic acids is 1. The zero-order chi connectivity index (χ0) is 15.4. The van der Waals surface area contributed by atoms with E-state index in [9.17, 15) is 4.79 Å². The molecule has 0 radical (unpaired) electrons. The topological polar surface area (TPSA) is 77.9 Å². The monoisotopic (exact) mass is 309 g/mol. The molecule has 0 bridgehead atoms. The zero-order valence-electron chi connectivity index (χ0n) is 11.3. The van der Waals surface area contributed by atoms with Gasteiger partial charge in [-0.3, -0.25) is 0 Å². The van der Waals surface area contributed by atoms with E-state index in [1.165, 1.54) is 26.4 Å². The van der Waals surface area contributed by atoms with E-state index in [1.807, 2.05) is 0 Å². The molecule has 0 amide bonds. The Labute approximate surface area is 125 Å². The van der Waals surface area contributed by atoms with Crippen LogP contribution in [-0.4, -0.2) is 30.3 Å². The van der Waals surface area contributed by atoms with Crippen molar-refractivity contribution < 1.29 is 24.1 Å². The molecule has 110 valence electrons. The molecule has 0 atom stereocenters. The smallest absolute Gasteiger partial charge is 0.341 e. The van der Waals surface area contributed by atoms with E-state index in [1.54, 1.807) is 18.2 Å². The number of nitrogens with zero attached hydrogens (tertiary/aromatic N) is 1. The van der Waals surface area contributed by atoms with Gasteiger partial charge >= 0.3 is 5.97 Å². The van der Waals surface area contributed by atoms with Crippen molar-refractivity contribution in [2.45, 2.75) is 0 Å². The number of hydrogen-bond donors (Lipinski definition) is 1. The summed E-state index contributed by atoms with van der Waals surface area (Å²) in [6.07, 6.45) is 0. The van der Waals surface area contributed by atoms with Gasteiger partial charge in [0.05, 0.1) is 14.2 Å². The molecule has 0 spiro atoms. The van der Waals surface area contributed by atoms with Crippen LogP contribution in [0.15, 0.2) is 30.3 Å². The molecule has 0 fully saturated rings. The molecule has 21 heavy (non-hydrogen) atoms. The first-order valence-corrected chi connectivity index (χ1v) is 6.23. The summed E-state index contributed by atoms with van der Waals surface area (Å²) in [7, 11) is 2.93. The summed E-state index contributed by atoms with van der Waals surface area (Å²) < 4.78 is 15.9. The average molecular weight is 310 g/mol.